The Morgan fingerprint density at radius 1 is 1.39 bits per heavy atom. The highest BCUT2D eigenvalue weighted by Crippen LogP contribution is 2.47. The topological polar surface area (TPSA) is 243 Å². The van der Waals surface area contributed by atoms with Crippen LogP contribution in [0.1, 0.15) is 30.4 Å². The van der Waals surface area contributed by atoms with Gasteiger partial charge in [-0.05, 0) is 13.3 Å². The van der Waals surface area contributed by atoms with Crippen LogP contribution in [0.3, 0.4) is 0 Å². The van der Waals surface area contributed by atoms with E-state index in [1.54, 1.807) is 25.5 Å². The van der Waals surface area contributed by atoms with E-state index in [4.69, 9.17) is 28.2 Å². The lowest BCUT2D eigenvalue weighted by Crippen LogP contribution is -2.80. The number of nitrogens with zero attached hydrogens (tertiary/aromatic N) is 7. The number of hydrogen-bond acceptors (Lipinski definition) is 14. The van der Waals surface area contributed by atoms with Crippen LogP contribution in [-0.2, 0) is 31.1 Å². The average molecular weight is 661 g/mol. The van der Waals surface area contributed by atoms with Crippen LogP contribution in [-0.4, -0.2) is 96.9 Å². The van der Waals surface area contributed by atoms with Gasteiger partial charge in [-0.25, -0.2) is 19.6 Å². The third-order valence-electron chi connectivity index (χ3n) is 6.97. The van der Waals surface area contributed by atoms with Crippen molar-refractivity contribution in [1.82, 2.24) is 34.4 Å². The van der Waals surface area contributed by atoms with Crippen molar-refractivity contribution < 1.29 is 34.2 Å². The Morgan fingerprint density at radius 3 is 2.70 bits per heavy atom. The first-order valence-corrected chi connectivity index (χ1v) is 15.1. The number of aromatic nitrogens is 5. The summed E-state index contributed by atoms with van der Waals surface area (Å²) in [6, 6.07) is 0. The number of aliphatic carboxylic acids is 2. The Kier molecular flexibility index (Phi) is 7.99. The second-order valence-corrected chi connectivity index (χ2v) is 11.8. The fourth-order valence-corrected chi connectivity index (χ4v) is 7.12. The molecule has 6 N–H and O–H groups in total. The second kappa shape index (κ2) is 11.4. The number of carbonyl (C=O) groups excluding carboxylic acids is 2. The summed E-state index contributed by atoms with van der Waals surface area (Å²) in [4.78, 5) is 65.8. The van der Waals surface area contributed by atoms with Crippen LogP contribution in [0.4, 0.5) is 5.13 Å². The molecule has 3 atom stereocenters. The molecule has 3 aromatic heterocycles. The molecule has 0 aliphatic carbocycles. The SMILES string of the molecule is CC[C@H](O/N=C(\C(=O)NC1(C=S)C(=O)N2C(C(=O)O)=C(c3nc(=N)c(C)c4n(C)cnn34)CS[C@H]21)c1csc(N)n1)C(=O)O. The number of nitrogens with two attached hydrogens (primary N) is 1. The van der Waals surface area contributed by atoms with E-state index in [2.05, 4.69) is 25.5 Å². The van der Waals surface area contributed by atoms with E-state index in [0.717, 1.165) is 33.4 Å². The Bertz CT molecular complexity index is 1880. The molecule has 230 valence electrons. The smallest absolute Gasteiger partial charge is 0.353 e. The maximum atomic E-state index is 13.8. The molecule has 0 spiro atoms. The summed E-state index contributed by atoms with van der Waals surface area (Å²) in [5, 5.41) is 40.0. The third-order valence-corrected chi connectivity index (χ3v) is 9.37. The highest BCUT2D eigenvalue weighted by atomic mass is 32.2. The molecule has 1 saturated heterocycles. The van der Waals surface area contributed by atoms with Gasteiger partial charge in [-0.15, -0.1) is 23.1 Å². The van der Waals surface area contributed by atoms with Gasteiger partial charge in [0.2, 0.25) is 6.10 Å². The van der Waals surface area contributed by atoms with Crippen molar-refractivity contribution in [2.75, 3.05) is 11.5 Å². The number of carboxylic acids is 2. The molecule has 0 radical (unpaired) electrons. The molecule has 5 heterocycles. The number of anilines is 1. The normalized spacial score (nSPS) is 20.6. The highest BCUT2D eigenvalue weighted by Gasteiger charge is 2.65. The first-order valence-electron chi connectivity index (χ1n) is 12.7. The van der Waals surface area contributed by atoms with E-state index in [-0.39, 0.29) is 39.9 Å². The van der Waals surface area contributed by atoms with Crippen molar-refractivity contribution >= 4 is 86.5 Å². The van der Waals surface area contributed by atoms with Gasteiger partial charge in [0.25, 0.3) is 11.8 Å². The number of amides is 2. The van der Waals surface area contributed by atoms with Gasteiger partial charge in [-0.3, -0.25) is 19.9 Å². The molecule has 3 aromatic rings. The Labute approximate surface area is 260 Å². The quantitative estimate of drug-likeness (QED) is 0.0816. The van der Waals surface area contributed by atoms with Crippen molar-refractivity contribution in [3.63, 3.8) is 0 Å². The number of carbonyl (C=O) groups is 4. The van der Waals surface area contributed by atoms with Gasteiger partial charge in [0, 0.05) is 34.7 Å². The minimum Gasteiger partial charge on any atom is -0.478 e. The molecule has 2 aliphatic heterocycles. The number of thiocarbonyl (C=S) groups is 1. The predicted molar refractivity (Wildman–Crippen MR) is 161 cm³/mol. The van der Waals surface area contributed by atoms with Gasteiger partial charge in [0.1, 0.15) is 28.7 Å². The van der Waals surface area contributed by atoms with Crippen LogP contribution in [0.2, 0.25) is 0 Å². The molecule has 20 heteroatoms. The molecule has 1 unspecified atom stereocenters. The fourth-order valence-electron chi connectivity index (χ4n) is 4.77. The van der Waals surface area contributed by atoms with Crippen LogP contribution < -0.4 is 16.5 Å². The van der Waals surface area contributed by atoms with Crippen LogP contribution in [0.15, 0.2) is 22.6 Å². The molecule has 2 aliphatic rings. The number of nitrogen functional groups attached to an aromatic ring is 1. The molecular formula is C24H24N10O7S3. The van der Waals surface area contributed by atoms with Crippen LogP contribution in [0, 0.1) is 12.3 Å². The second-order valence-electron chi connectivity index (χ2n) is 9.65. The van der Waals surface area contributed by atoms with Crippen molar-refractivity contribution in [3.05, 3.63) is 40.0 Å². The lowest BCUT2D eigenvalue weighted by Gasteiger charge is -2.55. The van der Waals surface area contributed by atoms with E-state index in [9.17, 15) is 29.4 Å². The number of hydrogen-bond donors (Lipinski definition) is 5. The lowest BCUT2D eigenvalue weighted by molar-refractivity contribution is -0.153. The zero-order valence-corrected chi connectivity index (χ0v) is 25.6. The van der Waals surface area contributed by atoms with Gasteiger partial charge < -0.3 is 30.7 Å². The zero-order chi connectivity index (χ0) is 32.1. The van der Waals surface area contributed by atoms with E-state index in [1.165, 1.54) is 16.2 Å². The molecule has 0 bridgehead atoms. The minimum absolute atomic E-state index is 0.00845. The van der Waals surface area contributed by atoms with Gasteiger partial charge in [-0.2, -0.15) is 9.61 Å². The summed E-state index contributed by atoms with van der Waals surface area (Å²) in [6.07, 6.45) is 0.162. The summed E-state index contributed by atoms with van der Waals surface area (Å²) >= 11 is 7.30. The molecule has 0 saturated carbocycles. The monoisotopic (exact) mass is 660 g/mol. The largest absolute Gasteiger partial charge is 0.478 e. The van der Waals surface area contributed by atoms with Gasteiger partial charge >= 0.3 is 11.9 Å². The molecule has 2 amide bonds. The van der Waals surface area contributed by atoms with Gasteiger partial charge in [-0.1, -0.05) is 24.3 Å². The standard InChI is InChI=1S/C24H24N10O7S3/c1-4-12(19(36)37)41-31-13(11-6-44-23(26)28-11)17(35)30-24(7-42)21(40)33-14(20(38)39)10(5-43-22(24)33)16-29-15(25)9(2)18-32(3)8-27-34(16)18/h6-8,12,22,25H,4-5H2,1-3H3,(H2,26,28)(H,30,35)(H,36,37)(H,38,39)/b25-15?,31-13-/t12-,22-,24?/m0/s1. The van der Waals surface area contributed by atoms with E-state index < -0.39 is 52.2 Å². The fraction of sp³-hybridized carbons (Fsp3) is 0.333. The number of oxime groups is 1. The summed E-state index contributed by atoms with van der Waals surface area (Å²) in [7, 11) is 1.72. The molecule has 5 rings (SSSR count). The molecule has 1 fully saturated rings. The van der Waals surface area contributed by atoms with Crippen LogP contribution in [0.5, 0.6) is 0 Å². The minimum atomic E-state index is -1.85. The Hall–Kier alpha value is -4.69. The van der Waals surface area contributed by atoms with Gasteiger partial charge in [0.05, 0.1) is 0 Å². The number of β-lactam (4-membered cyclic amide) rings is 1. The lowest BCUT2D eigenvalue weighted by atomic mass is 9.87. The van der Waals surface area contributed by atoms with Crippen LogP contribution >= 0.6 is 35.3 Å². The van der Waals surface area contributed by atoms with Crippen molar-refractivity contribution in [2.45, 2.75) is 37.3 Å². The van der Waals surface area contributed by atoms with Crippen LogP contribution in [0.25, 0.3) is 11.2 Å². The molecule has 44 heavy (non-hydrogen) atoms. The summed E-state index contributed by atoms with van der Waals surface area (Å²) in [5.41, 5.74) is 4.07. The highest BCUT2D eigenvalue weighted by molar-refractivity contribution is 8.00. The number of aryl methyl sites for hydroxylation is 2. The van der Waals surface area contributed by atoms with Crippen molar-refractivity contribution in [2.24, 2.45) is 12.2 Å². The van der Waals surface area contributed by atoms with E-state index in [1.807, 2.05) is 0 Å². The first kappa shape index (κ1) is 30.8. The average Bonchev–Trinajstić information content (AvgIpc) is 3.59. The molecule has 17 nitrogen and oxygen atoms in total. The number of thiazole rings is 1. The predicted octanol–water partition coefficient (Wildman–Crippen LogP) is -0.256. The number of rotatable bonds is 10. The summed E-state index contributed by atoms with van der Waals surface area (Å²) in [6.45, 7) is 3.24. The number of fused-ring (bicyclic) bond motifs is 2. The third kappa shape index (κ3) is 4.79. The number of nitrogens with one attached hydrogen (secondary N) is 2. The van der Waals surface area contributed by atoms with Gasteiger partial charge in [0.15, 0.2) is 27.7 Å². The number of thioether (sulfide) groups is 1. The summed E-state index contributed by atoms with van der Waals surface area (Å²) < 4.78 is 3.08. The van der Waals surface area contributed by atoms with Crippen molar-refractivity contribution in [1.29, 1.82) is 5.41 Å². The maximum Gasteiger partial charge on any atom is 0.353 e. The van der Waals surface area contributed by atoms with E-state index in [0.29, 0.717) is 11.2 Å². The Morgan fingerprint density at radius 2 is 2.11 bits per heavy atom. The van der Waals surface area contributed by atoms with E-state index >= 15 is 0 Å². The van der Waals surface area contributed by atoms with Crippen molar-refractivity contribution in [3.8, 4) is 0 Å². The Balaban J connectivity index is 1.53. The summed E-state index contributed by atoms with van der Waals surface area (Å²) in [5.74, 6) is -4.49. The zero-order valence-electron chi connectivity index (χ0n) is 23.2. The molecular weight excluding hydrogens is 637 g/mol. The number of carboxylic acid groups (broad SMARTS) is 2. The molecule has 0 aromatic carbocycles. The maximum absolute atomic E-state index is 13.8. The first-order chi connectivity index (χ1) is 20.9.